The maximum atomic E-state index is 6.40. The van der Waals surface area contributed by atoms with Crippen molar-refractivity contribution >= 4 is 11.3 Å². The van der Waals surface area contributed by atoms with Crippen LogP contribution in [0.25, 0.3) is 11.3 Å². The normalized spacial score (nSPS) is 11.8. The summed E-state index contributed by atoms with van der Waals surface area (Å²) in [4.78, 5) is 4.69. The quantitative estimate of drug-likeness (QED) is 0.726. The monoisotopic (exact) mass is 356 g/mol. The summed E-state index contributed by atoms with van der Waals surface area (Å²) in [5.41, 5.74) is 9.26. The van der Waals surface area contributed by atoms with E-state index in [0.29, 0.717) is 11.5 Å². The molecular formula is C19H20N2O3S. The molecule has 5 nitrogen and oxygen atoms in total. The van der Waals surface area contributed by atoms with E-state index >= 15 is 0 Å². The zero-order chi connectivity index (χ0) is 17.8. The van der Waals surface area contributed by atoms with E-state index in [9.17, 15) is 0 Å². The highest BCUT2D eigenvalue weighted by Crippen LogP contribution is 2.33. The van der Waals surface area contributed by atoms with Gasteiger partial charge in [-0.25, -0.2) is 4.98 Å². The standard InChI is InChI=1S/C19H20N2O3S/c1-22-14-7-4-12(5-8-14)15-11-25-19(21-15)18(20)13-6-9-16(23-2)17(10-13)24-3/h4-11,18H,20H2,1-3H3. The number of nitrogens with zero attached hydrogens (tertiary/aromatic N) is 1. The average Bonchev–Trinajstić information content (AvgIpc) is 3.17. The highest BCUT2D eigenvalue weighted by molar-refractivity contribution is 7.10. The Labute approximate surface area is 151 Å². The van der Waals surface area contributed by atoms with E-state index in [0.717, 1.165) is 27.6 Å². The van der Waals surface area contributed by atoms with Crippen molar-refractivity contribution in [3.05, 3.63) is 58.4 Å². The van der Waals surface area contributed by atoms with Crippen LogP contribution in [-0.4, -0.2) is 26.3 Å². The molecule has 0 spiro atoms. The van der Waals surface area contributed by atoms with Crippen molar-refractivity contribution < 1.29 is 14.2 Å². The fraction of sp³-hybridized carbons (Fsp3) is 0.211. The van der Waals surface area contributed by atoms with Crippen LogP contribution in [0.3, 0.4) is 0 Å². The fourth-order valence-corrected chi connectivity index (χ4v) is 3.37. The summed E-state index contributed by atoms with van der Waals surface area (Å²) < 4.78 is 15.8. The minimum Gasteiger partial charge on any atom is -0.497 e. The lowest BCUT2D eigenvalue weighted by Gasteiger charge is -2.13. The molecule has 1 heterocycles. The molecule has 0 amide bonds. The van der Waals surface area contributed by atoms with Gasteiger partial charge < -0.3 is 19.9 Å². The van der Waals surface area contributed by atoms with E-state index in [2.05, 4.69) is 0 Å². The molecule has 1 aromatic heterocycles. The molecule has 25 heavy (non-hydrogen) atoms. The highest BCUT2D eigenvalue weighted by atomic mass is 32.1. The largest absolute Gasteiger partial charge is 0.497 e. The van der Waals surface area contributed by atoms with Gasteiger partial charge in [-0.1, -0.05) is 6.07 Å². The minimum absolute atomic E-state index is 0.322. The Morgan fingerprint density at radius 1 is 0.920 bits per heavy atom. The second kappa shape index (κ2) is 7.55. The summed E-state index contributed by atoms with van der Waals surface area (Å²) in [6, 6.07) is 13.2. The molecule has 3 aromatic rings. The van der Waals surface area contributed by atoms with Crippen LogP contribution >= 0.6 is 11.3 Å². The number of aromatic nitrogens is 1. The summed E-state index contributed by atoms with van der Waals surface area (Å²) in [7, 11) is 4.87. The first-order valence-corrected chi connectivity index (χ1v) is 8.61. The van der Waals surface area contributed by atoms with Gasteiger partial charge in [0.15, 0.2) is 11.5 Å². The molecule has 0 bridgehead atoms. The van der Waals surface area contributed by atoms with Crippen molar-refractivity contribution in [3.63, 3.8) is 0 Å². The van der Waals surface area contributed by atoms with Crippen molar-refractivity contribution in [2.45, 2.75) is 6.04 Å². The lowest BCUT2D eigenvalue weighted by atomic mass is 10.1. The predicted octanol–water partition coefficient (Wildman–Crippen LogP) is 3.88. The zero-order valence-electron chi connectivity index (χ0n) is 14.4. The molecule has 0 fully saturated rings. The van der Waals surface area contributed by atoms with Gasteiger partial charge in [0.2, 0.25) is 0 Å². The van der Waals surface area contributed by atoms with Crippen LogP contribution < -0.4 is 19.9 Å². The van der Waals surface area contributed by atoms with Gasteiger partial charge in [0.1, 0.15) is 10.8 Å². The van der Waals surface area contributed by atoms with Crippen molar-refractivity contribution in [1.82, 2.24) is 4.98 Å². The predicted molar refractivity (Wildman–Crippen MR) is 99.7 cm³/mol. The third-order valence-electron chi connectivity index (χ3n) is 3.94. The molecule has 0 aliphatic carbocycles. The molecule has 2 N–H and O–H groups in total. The average molecular weight is 356 g/mol. The molecule has 2 aromatic carbocycles. The molecule has 0 saturated heterocycles. The Morgan fingerprint density at radius 3 is 2.28 bits per heavy atom. The summed E-state index contributed by atoms with van der Waals surface area (Å²) in [5, 5.41) is 2.86. The lowest BCUT2D eigenvalue weighted by molar-refractivity contribution is 0.354. The number of rotatable bonds is 6. The first kappa shape index (κ1) is 17.3. The summed E-state index contributed by atoms with van der Waals surface area (Å²) in [6.07, 6.45) is 0. The number of nitrogens with two attached hydrogens (primary N) is 1. The van der Waals surface area contributed by atoms with Gasteiger partial charge in [-0.05, 0) is 42.0 Å². The van der Waals surface area contributed by atoms with Gasteiger partial charge in [-0.2, -0.15) is 0 Å². The smallest absolute Gasteiger partial charge is 0.161 e. The molecule has 1 unspecified atom stereocenters. The van der Waals surface area contributed by atoms with Gasteiger partial charge in [-0.15, -0.1) is 11.3 Å². The molecule has 0 saturated carbocycles. The number of methoxy groups -OCH3 is 3. The number of benzene rings is 2. The second-order valence-corrected chi connectivity index (χ2v) is 6.28. The number of ether oxygens (including phenoxy) is 3. The van der Waals surface area contributed by atoms with E-state index in [-0.39, 0.29) is 6.04 Å². The Kier molecular flexibility index (Phi) is 5.21. The highest BCUT2D eigenvalue weighted by Gasteiger charge is 2.16. The number of hydrogen-bond acceptors (Lipinski definition) is 6. The molecule has 1 atom stereocenters. The van der Waals surface area contributed by atoms with E-state index in [1.54, 1.807) is 32.7 Å². The van der Waals surface area contributed by atoms with Crippen molar-refractivity contribution in [2.75, 3.05) is 21.3 Å². The zero-order valence-corrected chi connectivity index (χ0v) is 15.2. The maximum Gasteiger partial charge on any atom is 0.161 e. The van der Waals surface area contributed by atoms with Crippen molar-refractivity contribution in [3.8, 4) is 28.5 Å². The summed E-state index contributed by atoms with van der Waals surface area (Å²) in [5.74, 6) is 2.15. The van der Waals surface area contributed by atoms with E-state index < -0.39 is 0 Å². The van der Waals surface area contributed by atoms with E-state index in [4.69, 9.17) is 24.9 Å². The van der Waals surface area contributed by atoms with Crippen LogP contribution in [-0.2, 0) is 0 Å². The third kappa shape index (κ3) is 3.60. The molecular weight excluding hydrogens is 336 g/mol. The van der Waals surface area contributed by atoms with Crippen LogP contribution in [0, 0.1) is 0 Å². The Balaban J connectivity index is 1.86. The van der Waals surface area contributed by atoms with Crippen LogP contribution in [0.15, 0.2) is 47.8 Å². The minimum atomic E-state index is -0.322. The van der Waals surface area contributed by atoms with E-state index in [1.165, 1.54) is 0 Å². The summed E-state index contributed by atoms with van der Waals surface area (Å²) >= 11 is 1.54. The molecule has 6 heteroatoms. The van der Waals surface area contributed by atoms with E-state index in [1.807, 2.05) is 47.8 Å². The Bertz CT molecular complexity index is 846. The second-order valence-electron chi connectivity index (χ2n) is 5.39. The van der Waals surface area contributed by atoms with Crippen LogP contribution in [0.2, 0.25) is 0 Å². The Morgan fingerprint density at radius 2 is 1.64 bits per heavy atom. The first-order valence-electron chi connectivity index (χ1n) is 7.73. The van der Waals surface area contributed by atoms with Crippen molar-refractivity contribution in [1.29, 1.82) is 0 Å². The van der Waals surface area contributed by atoms with Crippen LogP contribution in [0.1, 0.15) is 16.6 Å². The summed E-state index contributed by atoms with van der Waals surface area (Å²) in [6.45, 7) is 0. The topological polar surface area (TPSA) is 66.6 Å². The van der Waals surface area contributed by atoms with Crippen LogP contribution in [0.5, 0.6) is 17.2 Å². The van der Waals surface area contributed by atoms with Gasteiger partial charge in [0.05, 0.1) is 33.1 Å². The maximum absolute atomic E-state index is 6.40. The molecule has 0 aliphatic rings. The van der Waals surface area contributed by atoms with Gasteiger partial charge in [-0.3, -0.25) is 0 Å². The number of thiazole rings is 1. The fourth-order valence-electron chi connectivity index (χ4n) is 2.51. The lowest BCUT2D eigenvalue weighted by Crippen LogP contribution is -2.11. The van der Waals surface area contributed by atoms with Gasteiger partial charge in [0, 0.05) is 10.9 Å². The van der Waals surface area contributed by atoms with Crippen molar-refractivity contribution in [2.24, 2.45) is 5.73 Å². The SMILES string of the molecule is COc1ccc(-c2csc(C(N)c3ccc(OC)c(OC)c3)n2)cc1. The Hall–Kier alpha value is -2.57. The van der Waals surface area contributed by atoms with Gasteiger partial charge >= 0.3 is 0 Å². The van der Waals surface area contributed by atoms with Gasteiger partial charge in [0.25, 0.3) is 0 Å². The molecule has 0 radical (unpaired) electrons. The third-order valence-corrected chi connectivity index (χ3v) is 4.87. The first-order chi connectivity index (χ1) is 12.2. The molecule has 0 aliphatic heterocycles. The number of hydrogen-bond donors (Lipinski definition) is 1. The molecule has 130 valence electrons. The van der Waals surface area contributed by atoms with Crippen LogP contribution in [0.4, 0.5) is 0 Å². The molecule has 3 rings (SSSR count).